The molecule has 1 aromatic heterocycles. The van der Waals surface area contributed by atoms with Crippen molar-refractivity contribution in [3.63, 3.8) is 0 Å². The van der Waals surface area contributed by atoms with E-state index in [9.17, 15) is 4.79 Å². The van der Waals surface area contributed by atoms with Gasteiger partial charge in [0.05, 0.1) is 17.7 Å². The minimum absolute atomic E-state index is 0.0791. The first-order chi connectivity index (χ1) is 12.8. The Morgan fingerprint density at radius 3 is 2.12 bits per heavy atom. The van der Waals surface area contributed by atoms with Crippen molar-refractivity contribution in [3.05, 3.63) is 95.3 Å². The largest absolute Gasteiger partial charge is 0.492 e. The number of ether oxygens (including phenoxy) is 1. The quantitative estimate of drug-likeness (QED) is 0.520. The topological polar surface area (TPSA) is 31.2 Å². The first-order valence-corrected chi connectivity index (χ1v) is 8.72. The molecule has 0 spiro atoms. The first kappa shape index (κ1) is 16.2. The molecule has 3 nitrogen and oxygen atoms in total. The molecule has 0 amide bonds. The molecule has 26 heavy (non-hydrogen) atoms. The van der Waals surface area contributed by atoms with E-state index in [-0.39, 0.29) is 5.56 Å². The molecular formula is C23H19NO2. The summed E-state index contributed by atoms with van der Waals surface area (Å²) in [4.78, 5) is 13.6. The Labute approximate surface area is 152 Å². The Kier molecular flexibility index (Phi) is 4.28. The SMILES string of the molecule is CCOc1c(-c2ccccc2)c(=O)n(-c2ccccc2)c2ccccc12. The van der Waals surface area contributed by atoms with Crippen LogP contribution in [0.5, 0.6) is 5.75 Å². The average Bonchev–Trinajstić information content (AvgIpc) is 2.70. The van der Waals surface area contributed by atoms with Crippen molar-refractivity contribution in [1.29, 1.82) is 0 Å². The summed E-state index contributed by atoms with van der Waals surface area (Å²) in [7, 11) is 0. The number of benzene rings is 3. The Bertz CT molecular complexity index is 1100. The number of hydrogen-bond acceptors (Lipinski definition) is 2. The van der Waals surface area contributed by atoms with Gasteiger partial charge in [-0.15, -0.1) is 0 Å². The lowest BCUT2D eigenvalue weighted by atomic mass is 10.0. The predicted octanol–water partition coefficient (Wildman–Crippen LogP) is 5.06. The molecule has 0 radical (unpaired) electrons. The zero-order valence-electron chi connectivity index (χ0n) is 14.6. The number of pyridine rings is 1. The molecule has 0 fully saturated rings. The molecule has 0 bridgehead atoms. The highest BCUT2D eigenvalue weighted by molar-refractivity contribution is 5.93. The smallest absolute Gasteiger partial charge is 0.267 e. The molecule has 0 N–H and O–H groups in total. The van der Waals surface area contributed by atoms with Crippen LogP contribution in [-0.4, -0.2) is 11.2 Å². The van der Waals surface area contributed by atoms with Gasteiger partial charge in [0, 0.05) is 11.1 Å². The number of aromatic nitrogens is 1. The third-order valence-corrected chi connectivity index (χ3v) is 4.40. The minimum Gasteiger partial charge on any atom is -0.492 e. The van der Waals surface area contributed by atoms with Crippen LogP contribution in [-0.2, 0) is 0 Å². The zero-order valence-corrected chi connectivity index (χ0v) is 14.6. The highest BCUT2D eigenvalue weighted by Gasteiger charge is 2.19. The zero-order chi connectivity index (χ0) is 17.9. The van der Waals surface area contributed by atoms with Crippen molar-refractivity contribution in [2.24, 2.45) is 0 Å². The maximum Gasteiger partial charge on any atom is 0.267 e. The van der Waals surface area contributed by atoms with Crippen molar-refractivity contribution in [3.8, 4) is 22.6 Å². The number of hydrogen-bond donors (Lipinski definition) is 0. The summed E-state index contributed by atoms with van der Waals surface area (Å²) in [5, 5.41) is 0.927. The second-order valence-corrected chi connectivity index (χ2v) is 6.00. The molecule has 3 aromatic carbocycles. The molecule has 128 valence electrons. The van der Waals surface area contributed by atoms with Crippen LogP contribution < -0.4 is 10.3 Å². The highest BCUT2D eigenvalue weighted by atomic mass is 16.5. The van der Waals surface area contributed by atoms with E-state index in [4.69, 9.17) is 4.74 Å². The summed E-state index contributed by atoms with van der Waals surface area (Å²) in [6.07, 6.45) is 0. The lowest BCUT2D eigenvalue weighted by Crippen LogP contribution is -2.22. The van der Waals surface area contributed by atoms with Crippen molar-refractivity contribution < 1.29 is 4.74 Å². The normalized spacial score (nSPS) is 10.8. The lowest BCUT2D eigenvalue weighted by molar-refractivity contribution is 0.345. The molecule has 3 heteroatoms. The summed E-state index contributed by atoms with van der Waals surface area (Å²) in [6, 6.07) is 27.3. The van der Waals surface area contributed by atoms with Crippen molar-refractivity contribution >= 4 is 10.9 Å². The van der Waals surface area contributed by atoms with Crippen molar-refractivity contribution in [2.45, 2.75) is 6.92 Å². The van der Waals surface area contributed by atoms with Crippen LogP contribution in [0.2, 0.25) is 0 Å². The molecule has 0 aliphatic heterocycles. The molecule has 1 heterocycles. The summed E-state index contributed by atoms with van der Waals surface area (Å²) < 4.78 is 7.73. The van der Waals surface area contributed by atoms with Gasteiger partial charge in [0.2, 0.25) is 0 Å². The monoisotopic (exact) mass is 341 g/mol. The lowest BCUT2D eigenvalue weighted by Gasteiger charge is -2.18. The molecule has 0 aliphatic carbocycles. The van der Waals surface area contributed by atoms with Crippen LogP contribution in [0.25, 0.3) is 27.7 Å². The van der Waals surface area contributed by atoms with Crippen LogP contribution in [0.3, 0.4) is 0 Å². The van der Waals surface area contributed by atoms with E-state index in [1.807, 2.05) is 91.9 Å². The molecule has 0 saturated carbocycles. The van der Waals surface area contributed by atoms with E-state index < -0.39 is 0 Å². The number of para-hydroxylation sites is 2. The van der Waals surface area contributed by atoms with E-state index in [1.165, 1.54) is 0 Å². The van der Waals surface area contributed by atoms with Gasteiger partial charge in [0.15, 0.2) is 0 Å². The summed E-state index contributed by atoms with van der Waals surface area (Å²) >= 11 is 0. The molecule has 4 aromatic rings. The Morgan fingerprint density at radius 2 is 1.42 bits per heavy atom. The van der Waals surface area contributed by atoms with E-state index >= 15 is 0 Å². The first-order valence-electron chi connectivity index (χ1n) is 8.72. The molecular weight excluding hydrogens is 322 g/mol. The van der Waals surface area contributed by atoms with Crippen molar-refractivity contribution in [2.75, 3.05) is 6.61 Å². The van der Waals surface area contributed by atoms with E-state index in [2.05, 4.69) is 0 Å². The fourth-order valence-corrected chi connectivity index (χ4v) is 3.30. The summed E-state index contributed by atoms with van der Waals surface area (Å²) in [6.45, 7) is 2.44. The van der Waals surface area contributed by atoms with Gasteiger partial charge in [-0.2, -0.15) is 0 Å². The maximum atomic E-state index is 13.6. The van der Waals surface area contributed by atoms with E-state index in [0.717, 1.165) is 22.2 Å². The summed E-state index contributed by atoms with van der Waals surface area (Å²) in [5.41, 5.74) is 3.05. The number of fused-ring (bicyclic) bond motifs is 1. The highest BCUT2D eigenvalue weighted by Crippen LogP contribution is 2.35. The Morgan fingerprint density at radius 1 is 0.808 bits per heavy atom. The van der Waals surface area contributed by atoms with Gasteiger partial charge in [0.1, 0.15) is 5.75 Å². The molecule has 4 rings (SSSR count). The Balaban J connectivity index is 2.18. The minimum atomic E-state index is -0.0791. The average molecular weight is 341 g/mol. The van der Waals surface area contributed by atoms with Gasteiger partial charge >= 0.3 is 0 Å². The third kappa shape index (κ3) is 2.68. The van der Waals surface area contributed by atoms with Crippen LogP contribution >= 0.6 is 0 Å². The second-order valence-electron chi connectivity index (χ2n) is 6.00. The van der Waals surface area contributed by atoms with Gasteiger partial charge in [-0.05, 0) is 36.8 Å². The van der Waals surface area contributed by atoms with E-state index in [0.29, 0.717) is 17.9 Å². The number of rotatable bonds is 4. The van der Waals surface area contributed by atoms with Crippen LogP contribution in [0.1, 0.15) is 6.92 Å². The molecule has 0 atom stereocenters. The maximum absolute atomic E-state index is 13.6. The van der Waals surface area contributed by atoms with Crippen LogP contribution in [0.4, 0.5) is 0 Å². The molecule has 0 aliphatic rings. The molecule has 0 unspecified atom stereocenters. The van der Waals surface area contributed by atoms with Gasteiger partial charge in [-0.3, -0.25) is 9.36 Å². The van der Waals surface area contributed by atoms with Gasteiger partial charge < -0.3 is 4.74 Å². The van der Waals surface area contributed by atoms with Gasteiger partial charge in [-0.25, -0.2) is 0 Å². The predicted molar refractivity (Wildman–Crippen MR) is 106 cm³/mol. The second kappa shape index (κ2) is 6.89. The number of nitrogens with zero attached hydrogens (tertiary/aromatic N) is 1. The standard InChI is InChI=1S/C23H19NO2/c1-2-26-22-19-15-9-10-16-20(19)24(18-13-7-4-8-14-18)23(25)21(22)17-11-5-3-6-12-17/h3-16H,2H2,1H3. The van der Waals surface area contributed by atoms with Crippen LogP contribution in [0, 0.1) is 0 Å². The Hall–Kier alpha value is -3.33. The van der Waals surface area contributed by atoms with Gasteiger partial charge in [-0.1, -0.05) is 60.7 Å². The van der Waals surface area contributed by atoms with Gasteiger partial charge in [0.25, 0.3) is 5.56 Å². The summed E-state index contributed by atoms with van der Waals surface area (Å²) in [5.74, 6) is 0.645. The van der Waals surface area contributed by atoms with Crippen LogP contribution in [0.15, 0.2) is 89.7 Å². The fourth-order valence-electron chi connectivity index (χ4n) is 3.30. The molecule has 0 saturated heterocycles. The van der Waals surface area contributed by atoms with E-state index in [1.54, 1.807) is 4.57 Å². The fraction of sp³-hybridized carbons (Fsp3) is 0.0870. The van der Waals surface area contributed by atoms with Crippen molar-refractivity contribution in [1.82, 2.24) is 4.57 Å². The third-order valence-electron chi connectivity index (χ3n) is 4.40.